The quantitative estimate of drug-likeness (QED) is 0.359. The van der Waals surface area contributed by atoms with Gasteiger partial charge in [-0.05, 0) is 43.4 Å². The molecule has 1 amide bonds. The van der Waals surface area contributed by atoms with Gasteiger partial charge in [0.05, 0.1) is 7.11 Å². The third-order valence-corrected chi connectivity index (χ3v) is 5.94. The summed E-state index contributed by atoms with van der Waals surface area (Å²) in [5, 5.41) is 6.86. The lowest BCUT2D eigenvalue weighted by molar-refractivity contribution is -0.135. The average Bonchev–Trinajstić information content (AvgIpc) is 3.19. The molecule has 1 atom stereocenters. The van der Waals surface area contributed by atoms with Crippen molar-refractivity contribution in [3.8, 4) is 5.75 Å². The predicted molar refractivity (Wildman–Crippen MR) is 128 cm³/mol. The molecule has 1 aliphatic heterocycles. The first kappa shape index (κ1) is 23.8. The van der Waals surface area contributed by atoms with Gasteiger partial charge in [0.15, 0.2) is 5.96 Å². The molecule has 1 heterocycles. The smallest absolute Gasteiger partial charge is 0.225 e. The van der Waals surface area contributed by atoms with Crippen molar-refractivity contribution in [2.24, 2.45) is 10.9 Å². The van der Waals surface area contributed by atoms with Crippen molar-refractivity contribution >= 4 is 35.8 Å². The zero-order chi connectivity index (χ0) is 19.9. The van der Waals surface area contributed by atoms with E-state index in [2.05, 4.69) is 27.8 Å². The molecular weight excluding hydrogens is 479 g/mol. The number of ether oxygens (including phenoxy) is 1. The maximum atomic E-state index is 12.7. The number of hydrogen-bond acceptors (Lipinski definition) is 3. The summed E-state index contributed by atoms with van der Waals surface area (Å²) in [4.78, 5) is 19.1. The van der Waals surface area contributed by atoms with Gasteiger partial charge in [-0.2, -0.15) is 0 Å². The molecule has 1 unspecified atom stereocenters. The Labute approximate surface area is 191 Å². The summed E-state index contributed by atoms with van der Waals surface area (Å²) in [6.07, 6.45) is 6.79. The number of likely N-dealkylation sites (tertiary alicyclic amines) is 1. The fourth-order valence-corrected chi connectivity index (χ4v) is 4.31. The lowest BCUT2D eigenvalue weighted by atomic mass is 9.88. The highest BCUT2D eigenvalue weighted by Crippen LogP contribution is 2.26. The number of nitrogens with one attached hydrogen (secondary N) is 2. The lowest BCUT2D eigenvalue weighted by Crippen LogP contribution is -2.45. The van der Waals surface area contributed by atoms with Crippen LogP contribution < -0.4 is 15.4 Å². The molecule has 1 aromatic rings. The molecule has 162 valence electrons. The van der Waals surface area contributed by atoms with Crippen LogP contribution in [0.15, 0.2) is 23.2 Å². The minimum absolute atomic E-state index is 0. The number of aliphatic imine (C=N–C) groups is 1. The Morgan fingerprint density at radius 2 is 2.00 bits per heavy atom. The van der Waals surface area contributed by atoms with Crippen LogP contribution in [0.4, 0.5) is 0 Å². The minimum atomic E-state index is 0. The van der Waals surface area contributed by atoms with Crippen LogP contribution in [0.2, 0.25) is 0 Å². The summed E-state index contributed by atoms with van der Waals surface area (Å²) in [5.41, 5.74) is 2.30. The highest BCUT2D eigenvalue weighted by molar-refractivity contribution is 14.0. The molecule has 7 heteroatoms. The first-order valence-electron chi connectivity index (χ1n) is 10.5. The Hall–Kier alpha value is -1.51. The minimum Gasteiger partial charge on any atom is -0.496 e. The van der Waals surface area contributed by atoms with E-state index in [1.807, 2.05) is 17.9 Å². The molecule has 1 aromatic carbocycles. The van der Waals surface area contributed by atoms with E-state index >= 15 is 0 Å². The Morgan fingerprint density at radius 1 is 1.24 bits per heavy atom. The summed E-state index contributed by atoms with van der Waals surface area (Å²) < 4.78 is 5.32. The second-order valence-electron chi connectivity index (χ2n) is 7.98. The molecule has 0 bridgehead atoms. The SMILES string of the molecule is CN=C(NCc1ccc(OC)c(C)c1)NC1CCN(C(=O)C2CCCCC2)C1.I. The van der Waals surface area contributed by atoms with E-state index in [1.54, 1.807) is 14.2 Å². The molecule has 0 radical (unpaired) electrons. The van der Waals surface area contributed by atoms with Crippen molar-refractivity contribution in [2.75, 3.05) is 27.2 Å². The number of hydrogen-bond donors (Lipinski definition) is 2. The first-order valence-corrected chi connectivity index (χ1v) is 10.5. The van der Waals surface area contributed by atoms with E-state index in [9.17, 15) is 4.79 Å². The van der Waals surface area contributed by atoms with Crippen molar-refractivity contribution in [3.63, 3.8) is 0 Å². The predicted octanol–water partition coefficient (Wildman–Crippen LogP) is 3.47. The van der Waals surface area contributed by atoms with Gasteiger partial charge in [0.1, 0.15) is 5.75 Å². The summed E-state index contributed by atoms with van der Waals surface area (Å²) in [7, 11) is 3.48. The van der Waals surface area contributed by atoms with Gasteiger partial charge < -0.3 is 20.3 Å². The largest absolute Gasteiger partial charge is 0.496 e. The molecule has 2 N–H and O–H groups in total. The number of carbonyl (C=O) groups excluding carboxylic acids is 1. The molecule has 1 aliphatic carbocycles. The number of aryl methyl sites for hydroxylation is 1. The molecule has 0 spiro atoms. The van der Waals surface area contributed by atoms with E-state index in [1.165, 1.54) is 24.8 Å². The van der Waals surface area contributed by atoms with Crippen LogP contribution in [-0.2, 0) is 11.3 Å². The molecule has 3 rings (SSSR count). The molecule has 29 heavy (non-hydrogen) atoms. The number of nitrogens with zero attached hydrogens (tertiary/aromatic N) is 2. The Morgan fingerprint density at radius 3 is 2.66 bits per heavy atom. The van der Waals surface area contributed by atoms with Crippen molar-refractivity contribution in [1.82, 2.24) is 15.5 Å². The highest BCUT2D eigenvalue weighted by Gasteiger charge is 2.31. The van der Waals surface area contributed by atoms with E-state index in [-0.39, 0.29) is 35.9 Å². The third kappa shape index (κ3) is 6.49. The third-order valence-electron chi connectivity index (χ3n) is 5.94. The van der Waals surface area contributed by atoms with E-state index in [0.717, 1.165) is 49.6 Å². The molecule has 1 saturated carbocycles. The van der Waals surface area contributed by atoms with Gasteiger partial charge in [-0.1, -0.05) is 31.4 Å². The second kappa shape index (κ2) is 11.6. The Balaban J connectivity index is 0.00000300. The van der Waals surface area contributed by atoms with Crippen LogP contribution in [0, 0.1) is 12.8 Å². The van der Waals surface area contributed by atoms with Gasteiger partial charge in [0.25, 0.3) is 0 Å². The zero-order valence-corrected chi connectivity index (χ0v) is 20.2. The monoisotopic (exact) mass is 514 g/mol. The summed E-state index contributed by atoms with van der Waals surface area (Å²) in [6, 6.07) is 6.44. The van der Waals surface area contributed by atoms with Crippen LogP contribution in [0.1, 0.15) is 49.7 Å². The second-order valence-corrected chi connectivity index (χ2v) is 7.98. The number of rotatable bonds is 5. The number of benzene rings is 1. The van der Waals surface area contributed by atoms with Crippen LogP contribution in [-0.4, -0.2) is 50.1 Å². The molecule has 0 aromatic heterocycles. The number of carbonyl (C=O) groups is 1. The van der Waals surface area contributed by atoms with Crippen molar-refractivity contribution in [3.05, 3.63) is 29.3 Å². The van der Waals surface area contributed by atoms with Crippen LogP contribution in [0.3, 0.4) is 0 Å². The van der Waals surface area contributed by atoms with Crippen molar-refractivity contribution < 1.29 is 9.53 Å². The number of amides is 1. The first-order chi connectivity index (χ1) is 13.6. The van der Waals surface area contributed by atoms with Gasteiger partial charge in [0.2, 0.25) is 5.91 Å². The zero-order valence-electron chi connectivity index (χ0n) is 17.9. The van der Waals surface area contributed by atoms with Gasteiger partial charge in [-0.3, -0.25) is 9.79 Å². The molecule has 1 saturated heterocycles. The molecule has 2 fully saturated rings. The average molecular weight is 514 g/mol. The fourth-order valence-electron chi connectivity index (χ4n) is 4.31. The maximum Gasteiger partial charge on any atom is 0.225 e. The fraction of sp³-hybridized carbons (Fsp3) is 0.636. The van der Waals surface area contributed by atoms with Gasteiger partial charge in [-0.15, -0.1) is 24.0 Å². The Kier molecular flexibility index (Phi) is 9.52. The maximum absolute atomic E-state index is 12.7. The summed E-state index contributed by atoms with van der Waals surface area (Å²) in [5.74, 6) is 2.30. The highest BCUT2D eigenvalue weighted by atomic mass is 127. The Bertz CT molecular complexity index is 704. The standard InChI is InChI=1S/C22H34N4O2.HI/c1-16-13-17(9-10-20(16)28-3)14-24-22(23-2)25-19-11-12-26(15-19)21(27)18-7-5-4-6-8-18;/h9-10,13,18-19H,4-8,11-12,14-15H2,1-3H3,(H2,23,24,25);1H. The van der Waals surface area contributed by atoms with Crippen LogP contribution in [0.25, 0.3) is 0 Å². The van der Waals surface area contributed by atoms with Crippen LogP contribution >= 0.6 is 24.0 Å². The van der Waals surface area contributed by atoms with E-state index in [4.69, 9.17) is 4.74 Å². The number of methoxy groups -OCH3 is 1. The topological polar surface area (TPSA) is 66.0 Å². The molecule has 2 aliphatic rings. The van der Waals surface area contributed by atoms with Gasteiger partial charge in [-0.25, -0.2) is 0 Å². The molecule has 6 nitrogen and oxygen atoms in total. The van der Waals surface area contributed by atoms with Crippen molar-refractivity contribution in [1.29, 1.82) is 0 Å². The number of guanidine groups is 1. The van der Waals surface area contributed by atoms with E-state index in [0.29, 0.717) is 12.5 Å². The van der Waals surface area contributed by atoms with Gasteiger partial charge >= 0.3 is 0 Å². The van der Waals surface area contributed by atoms with Crippen LogP contribution in [0.5, 0.6) is 5.75 Å². The summed E-state index contributed by atoms with van der Waals surface area (Å²) in [6.45, 7) is 4.37. The number of halogens is 1. The van der Waals surface area contributed by atoms with E-state index < -0.39 is 0 Å². The normalized spacial score (nSPS) is 20.2. The summed E-state index contributed by atoms with van der Waals surface area (Å²) >= 11 is 0. The van der Waals surface area contributed by atoms with Crippen molar-refractivity contribution in [2.45, 2.75) is 58.0 Å². The lowest BCUT2D eigenvalue weighted by Gasteiger charge is -2.26. The molecular formula is C22H35IN4O2. The van der Waals surface area contributed by atoms with Gasteiger partial charge in [0, 0.05) is 38.6 Å².